The van der Waals surface area contributed by atoms with E-state index in [1.165, 1.54) is 0 Å². The van der Waals surface area contributed by atoms with Gasteiger partial charge >= 0.3 is 0 Å². The Bertz CT molecular complexity index is 379. The number of ether oxygens (including phenoxy) is 1. The second kappa shape index (κ2) is 6.98. The Kier molecular flexibility index (Phi) is 5.30. The molecular formula is C13H25N5O. The van der Waals surface area contributed by atoms with Gasteiger partial charge < -0.3 is 10.1 Å². The SMILES string of the molecule is CCNCc1cn(CC2CN(C(C)C)CCO2)nn1. The van der Waals surface area contributed by atoms with Crippen LogP contribution in [-0.4, -0.2) is 58.3 Å². The summed E-state index contributed by atoms with van der Waals surface area (Å²) in [5, 5.41) is 11.6. The second-order valence-corrected chi connectivity index (χ2v) is 5.29. The molecule has 2 rings (SSSR count). The third kappa shape index (κ3) is 4.26. The molecule has 1 aromatic heterocycles. The molecule has 2 heterocycles. The van der Waals surface area contributed by atoms with Gasteiger partial charge in [0.05, 0.1) is 24.9 Å². The fourth-order valence-electron chi connectivity index (χ4n) is 2.29. The van der Waals surface area contributed by atoms with Crippen LogP contribution in [0.15, 0.2) is 6.20 Å². The van der Waals surface area contributed by atoms with E-state index in [1.54, 1.807) is 0 Å². The monoisotopic (exact) mass is 267 g/mol. The zero-order valence-corrected chi connectivity index (χ0v) is 12.2. The minimum atomic E-state index is 0.213. The molecule has 19 heavy (non-hydrogen) atoms. The average molecular weight is 267 g/mol. The van der Waals surface area contributed by atoms with Gasteiger partial charge in [-0.25, -0.2) is 4.68 Å². The first-order chi connectivity index (χ1) is 9.19. The smallest absolute Gasteiger partial charge is 0.0964 e. The summed E-state index contributed by atoms with van der Waals surface area (Å²) in [6.07, 6.45) is 2.21. The van der Waals surface area contributed by atoms with Crippen molar-refractivity contribution in [3.63, 3.8) is 0 Å². The van der Waals surface area contributed by atoms with Gasteiger partial charge in [0, 0.05) is 31.9 Å². The van der Waals surface area contributed by atoms with Gasteiger partial charge in [-0.05, 0) is 20.4 Å². The third-order valence-corrected chi connectivity index (χ3v) is 3.43. The zero-order valence-electron chi connectivity index (χ0n) is 12.2. The molecule has 1 saturated heterocycles. The van der Waals surface area contributed by atoms with Crippen molar-refractivity contribution in [3.8, 4) is 0 Å². The van der Waals surface area contributed by atoms with Crippen LogP contribution in [-0.2, 0) is 17.8 Å². The van der Waals surface area contributed by atoms with E-state index < -0.39 is 0 Å². The summed E-state index contributed by atoms with van der Waals surface area (Å²) in [4.78, 5) is 2.45. The van der Waals surface area contributed by atoms with Crippen LogP contribution in [0.5, 0.6) is 0 Å². The Balaban J connectivity index is 1.84. The maximum absolute atomic E-state index is 5.81. The first-order valence-electron chi connectivity index (χ1n) is 7.14. The highest BCUT2D eigenvalue weighted by atomic mass is 16.5. The largest absolute Gasteiger partial charge is 0.374 e. The van der Waals surface area contributed by atoms with Crippen molar-refractivity contribution < 1.29 is 4.74 Å². The Morgan fingerprint density at radius 2 is 2.37 bits per heavy atom. The van der Waals surface area contributed by atoms with Crippen LogP contribution in [0, 0.1) is 0 Å². The average Bonchev–Trinajstić information content (AvgIpc) is 2.84. The van der Waals surface area contributed by atoms with E-state index in [9.17, 15) is 0 Å². The summed E-state index contributed by atoms with van der Waals surface area (Å²) in [6, 6.07) is 0.575. The first kappa shape index (κ1) is 14.4. The van der Waals surface area contributed by atoms with Crippen LogP contribution >= 0.6 is 0 Å². The van der Waals surface area contributed by atoms with Gasteiger partial charge in [0.2, 0.25) is 0 Å². The fraction of sp³-hybridized carbons (Fsp3) is 0.846. The molecule has 1 aliphatic heterocycles. The number of rotatable bonds is 6. The number of nitrogens with zero attached hydrogens (tertiary/aromatic N) is 4. The molecule has 0 radical (unpaired) electrons. The molecule has 1 atom stereocenters. The lowest BCUT2D eigenvalue weighted by Crippen LogP contribution is -2.47. The molecule has 1 fully saturated rings. The van der Waals surface area contributed by atoms with Crippen molar-refractivity contribution in [2.24, 2.45) is 0 Å². The predicted octanol–water partition coefficient (Wildman–Crippen LogP) is 0.497. The Hall–Kier alpha value is -0.980. The van der Waals surface area contributed by atoms with Crippen LogP contribution in [0.25, 0.3) is 0 Å². The van der Waals surface area contributed by atoms with Crippen LogP contribution in [0.3, 0.4) is 0 Å². The van der Waals surface area contributed by atoms with Gasteiger partial charge in [-0.3, -0.25) is 4.90 Å². The highest BCUT2D eigenvalue weighted by molar-refractivity contribution is 4.91. The minimum absolute atomic E-state index is 0.213. The van der Waals surface area contributed by atoms with Crippen LogP contribution in [0.4, 0.5) is 0 Å². The van der Waals surface area contributed by atoms with Gasteiger partial charge in [0.25, 0.3) is 0 Å². The topological polar surface area (TPSA) is 55.2 Å². The second-order valence-electron chi connectivity index (χ2n) is 5.29. The zero-order chi connectivity index (χ0) is 13.7. The molecule has 6 nitrogen and oxygen atoms in total. The molecule has 0 saturated carbocycles. The summed E-state index contributed by atoms with van der Waals surface area (Å²) in [7, 11) is 0. The van der Waals surface area contributed by atoms with Gasteiger partial charge in [0.1, 0.15) is 0 Å². The van der Waals surface area contributed by atoms with Crippen molar-refractivity contribution in [2.45, 2.75) is 46.0 Å². The van der Waals surface area contributed by atoms with Gasteiger partial charge in [-0.1, -0.05) is 12.1 Å². The fourth-order valence-corrected chi connectivity index (χ4v) is 2.29. The van der Waals surface area contributed by atoms with Crippen molar-refractivity contribution in [1.82, 2.24) is 25.2 Å². The van der Waals surface area contributed by atoms with Crippen LogP contribution < -0.4 is 5.32 Å². The molecule has 1 aliphatic rings. The van der Waals surface area contributed by atoms with E-state index in [1.807, 2.05) is 10.9 Å². The van der Waals surface area contributed by atoms with Crippen molar-refractivity contribution in [3.05, 3.63) is 11.9 Å². The molecule has 1 unspecified atom stereocenters. The van der Waals surface area contributed by atoms with Gasteiger partial charge in [-0.2, -0.15) is 0 Å². The van der Waals surface area contributed by atoms with E-state index in [4.69, 9.17) is 4.74 Å². The van der Waals surface area contributed by atoms with Crippen molar-refractivity contribution >= 4 is 0 Å². The summed E-state index contributed by atoms with van der Waals surface area (Å²) in [6.45, 7) is 11.9. The number of hydrogen-bond donors (Lipinski definition) is 1. The standard InChI is InChI=1S/C13H25N5O/c1-4-14-7-12-8-18(16-15-12)10-13-9-17(11(2)3)5-6-19-13/h8,11,13-14H,4-7,9-10H2,1-3H3. The highest BCUT2D eigenvalue weighted by Gasteiger charge is 2.22. The third-order valence-electron chi connectivity index (χ3n) is 3.43. The maximum atomic E-state index is 5.81. The molecule has 1 N–H and O–H groups in total. The summed E-state index contributed by atoms with van der Waals surface area (Å²) in [5.74, 6) is 0. The maximum Gasteiger partial charge on any atom is 0.0964 e. The molecule has 0 aliphatic carbocycles. The van der Waals surface area contributed by atoms with Gasteiger partial charge in [0.15, 0.2) is 0 Å². The molecule has 0 amide bonds. The number of nitrogens with one attached hydrogen (secondary N) is 1. The summed E-state index contributed by atoms with van der Waals surface area (Å²) in [5.41, 5.74) is 0.985. The lowest BCUT2D eigenvalue weighted by atomic mass is 10.2. The highest BCUT2D eigenvalue weighted by Crippen LogP contribution is 2.10. The summed E-state index contributed by atoms with van der Waals surface area (Å²) >= 11 is 0. The van der Waals surface area contributed by atoms with E-state index in [0.717, 1.165) is 45.0 Å². The van der Waals surface area contributed by atoms with E-state index >= 15 is 0 Å². The molecule has 108 valence electrons. The quantitative estimate of drug-likeness (QED) is 0.813. The summed E-state index contributed by atoms with van der Waals surface area (Å²) < 4.78 is 7.70. The number of aromatic nitrogens is 3. The molecule has 6 heteroatoms. The molecule has 0 aromatic carbocycles. The molecular weight excluding hydrogens is 242 g/mol. The molecule has 0 bridgehead atoms. The Morgan fingerprint density at radius 1 is 1.53 bits per heavy atom. The lowest BCUT2D eigenvalue weighted by Gasteiger charge is -2.35. The minimum Gasteiger partial charge on any atom is -0.374 e. The lowest BCUT2D eigenvalue weighted by molar-refractivity contribution is -0.0471. The number of morpholine rings is 1. The first-order valence-corrected chi connectivity index (χ1v) is 7.14. The van der Waals surface area contributed by atoms with Crippen LogP contribution in [0.1, 0.15) is 26.5 Å². The Morgan fingerprint density at radius 3 is 3.11 bits per heavy atom. The van der Waals surface area contributed by atoms with Crippen molar-refractivity contribution in [1.29, 1.82) is 0 Å². The molecule has 0 spiro atoms. The normalized spacial score (nSPS) is 21.2. The molecule has 1 aromatic rings. The van der Waals surface area contributed by atoms with Crippen molar-refractivity contribution in [2.75, 3.05) is 26.2 Å². The van der Waals surface area contributed by atoms with Crippen LogP contribution in [0.2, 0.25) is 0 Å². The van der Waals surface area contributed by atoms with E-state index in [2.05, 4.69) is 41.3 Å². The number of hydrogen-bond acceptors (Lipinski definition) is 5. The van der Waals surface area contributed by atoms with E-state index in [-0.39, 0.29) is 6.10 Å². The van der Waals surface area contributed by atoms with Gasteiger partial charge in [-0.15, -0.1) is 5.10 Å². The van der Waals surface area contributed by atoms with E-state index in [0.29, 0.717) is 6.04 Å². The Labute approximate surface area is 115 Å². The predicted molar refractivity (Wildman–Crippen MR) is 73.9 cm³/mol.